The van der Waals surface area contributed by atoms with E-state index in [0.29, 0.717) is 5.39 Å². The normalized spacial score (nSPS) is 13.2. The van der Waals surface area contributed by atoms with Crippen LogP contribution in [0.2, 0.25) is 0 Å². The third-order valence-corrected chi connectivity index (χ3v) is 3.51. The lowest BCUT2D eigenvalue weighted by molar-refractivity contribution is 1.17. The Balaban J connectivity index is 2.62. The molecule has 4 rings (SSSR count). The summed E-state index contributed by atoms with van der Waals surface area (Å²) in [4.78, 5) is 14.9. The minimum atomic E-state index is -0.0743. The molecule has 0 atom stereocenters. The Hall–Kier alpha value is -2.62. The third-order valence-electron chi connectivity index (χ3n) is 3.51. The molecule has 18 heavy (non-hydrogen) atoms. The summed E-state index contributed by atoms with van der Waals surface area (Å²) in [6.45, 7) is 0. The quantitative estimate of drug-likeness (QED) is 0.275. The third kappa shape index (κ3) is 0.913. The number of nitrogens with zero attached hydrogens (tertiary/aromatic N) is 1. The molecule has 1 heterocycles. The van der Waals surface area contributed by atoms with Crippen molar-refractivity contribution < 1.29 is 0 Å². The van der Waals surface area contributed by atoms with Gasteiger partial charge in [0.2, 0.25) is 0 Å². The number of H-pyrrole nitrogens is 1. The molecule has 0 aliphatic rings. The maximum absolute atomic E-state index is 12.0. The van der Waals surface area contributed by atoms with E-state index in [1.54, 1.807) is 0 Å². The molecule has 0 fully saturated rings. The first kappa shape index (κ1) is 9.41. The van der Waals surface area contributed by atoms with Gasteiger partial charge in [0.25, 0.3) is 5.56 Å². The second kappa shape index (κ2) is 2.98. The van der Waals surface area contributed by atoms with Gasteiger partial charge in [0.05, 0.1) is 5.36 Å². The summed E-state index contributed by atoms with van der Waals surface area (Å²) >= 11 is 0. The van der Waals surface area contributed by atoms with Gasteiger partial charge in [-0.15, -0.1) is 0 Å². The van der Waals surface area contributed by atoms with Crippen LogP contribution in [0.5, 0.6) is 0 Å². The van der Waals surface area contributed by atoms with Gasteiger partial charge in [0.15, 0.2) is 0 Å². The molecular weight excluding hydrogens is 226 g/mol. The zero-order chi connectivity index (χ0) is 12.3. The molecule has 0 amide bonds. The second-order valence-electron chi connectivity index (χ2n) is 4.39. The fourth-order valence-corrected chi connectivity index (χ4v) is 2.81. The Morgan fingerprint density at radius 3 is 2.39 bits per heavy atom. The smallest absolute Gasteiger partial charge is 0.256 e. The van der Waals surface area contributed by atoms with Crippen molar-refractivity contribution >= 4 is 32.4 Å². The number of pyridine rings is 1. The van der Waals surface area contributed by atoms with E-state index < -0.39 is 0 Å². The predicted molar refractivity (Wildman–Crippen MR) is 71.7 cm³/mol. The average Bonchev–Trinajstić information content (AvgIpc) is 2.72. The van der Waals surface area contributed by atoms with Gasteiger partial charge in [-0.05, 0) is 12.1 Å². The lowest BCUT2D eigenvalue weighted by atomic mass is 10.1. The van der Waals surface area contributed by atoms with Crippen LogP contribution < -0.4 is 16.8 Å². The Kier molecular flexibility index (Phi) is 1.56. The summed E-state index contributed by atoms with van der Waals surface area (Å²) in [6.07, 6.45) is 0. The molecule has 4 heteroatoms. The van der Waals surface area contributed by atoms with Crippen LogP contribution in [0, 0.1) is 0 Å². The number of nitrogens with two attached hydrogens (primary N) is 1. The van der Waals surface area contributed by atoms with Crippen molar-refractivity contribution in [2.75, 3.05) is 0 Å². The molecule has 3 N–H and O–H groups in total. The molecule has 0 saturated heterocycles. The molecule has 3 aromatic carbocycles. The van der Waals surface area contributed by atoms with E-state index in [2.05, 4.69) is 10.1 Å². The van der Waals surface area contributed by atoms with E-state index in [-0.39, 0.29) is 5.56 Å². The highest BCUT2D eigenvalue weighted by atomic mass is 16.1. The number of hydrogen-bond donors (Lipinski definition) is 2. The van der Waals surface area contributed by atoms with Crippen molar-refractivity contribution in [2.45, 2.75) is 0 Å². The maximum Gasteiger partial charge on any atom is 0.256 e. The highest BCUT2D eigenvalue weighted by molar-refractivity contribution is 6.24. The van der Waals surface area contributed by atoms with Gasteiger partial charge in [-0.25, -0.2) is 0 Å². The molecule has 4 aromatic rings. The monoisotopic (exact) mass is 235 g/mol. The van der Waals surface area contributed by atoms with Crippen molar-refractivity contribution in [3.05, 3.63) is 52.1 Å². The van der Waals surface area contributed by atoms with E-state index in [1.165, 1.54) is 0 Å². The minimum Gasteiger partial charge on any atom is -0.323 e. The standard InChI is InChI=1S/C14H9N3O/c15-17-13-7-3-1-5-9-11(7)12-8(13)4-2-6-10(12)16-14(9)18/h1-6H,15H2,(H,16,18)/b17-13-. The Labute approximate surface area is 101 Å². The zero-order valence-corrected chi connectivity index (χ0v) is 9.40. The number of nitrogens with one attached hydrogen (secondary N) is 1. The SMILES string of the molecule is N/N=c1\c2cccc3[nH]c(=O)c4cccc1c4c32. The Morgan fingerprint density at radius 2 is 1.61 bits per heavy atom. The van der Waals surface area contributed by atoms with Crippen LogP contribution >= 0.6 is 0 Å². The molecule has 86 valence electrons. The molecule has 0 bridgehead atoms. The number of rotatable bonds is 0. The van der Waals surface area contributed by atoms with E-state index in [4.69, 9.17) is 5.84 Å². The summed E-state index contributed by atoms with van der Waals surface area (Å²) in [5.41, 5.74) is 0.755. The van der Waals surface area contributed by atoms with Crippen LogP contribution in [0.4, 0.5) is 0 Å². The van der Waals surface area contributed by atoms with Crippen LogP contribution in [-0.2, 0) is 0 Å². The fourth-order valence-electron chi connectivity index (χ4n) is 2.81. The predicted octanol–water partition coefficient (Wildman–Crippen LogP) is 1.48. The molecule has 1 aromatic heterocycles. The lowest BCUT2D eigenvalue weighted by Gasteiger charge is -2.00. The van der Waals surface area contributed by atoms with Gasteiger partial charge in [-0.1, -0.05) is 24.3 Å². The number of aromatic amines is 1. The van der Waals surface area contributed by atoms with Gasteiger partial charge in [-0.3, -0.25) is 4.79 Å². The summed E-state index contributed by atoms with van der Waals surface area (Å²) in [6, 6.07) is 11.4. The largest absolute Gasteiger partial charge is 0.323 e. The molecule has 0 radical (unpaired) electrons. The molecular formula is C14H9N3O. The molecule has 0 unspecified atom stereocenters. The highest BCUT2D eigenvalue weighted by Crippen LogP contribution is 2.30. The van der Waals surface area contributed by atoms with E-state index >= 15 is 0 Å². The number of aromatic nitrogens is 1. The van der Waals surface area contributed by atoms with Crippen LogP contribution in [0.25, 0.3) is 32.4 Å². The number of hydrogen-bond acceptors (Lipinski definition) is 3. The second-order valence-corrected chi connectivity index (χ2v) is 4.39. The van der Waals surface area contributed by atoms with Gasteiger partial charge in [0, 0.05) is 32.4 Å². The Bertz CT molecular complexity index is 1000. The first-order valence-corrected chi connectivity index (χ1v) is 5.67. The first-order valence-electron chi connectivity index (χ1n) is 5.67. The summed E-state index contributed by atoms with van der Waals surface area (Å²) in [7, 11) is 0. The maximum atomic E-state index is 12.0. The molecule has 0 aliphatic carbocycles. The average molecular weight is 235 g/mol. The number of benzene rings is 2. The van der Waals surface area contributed by atoms with Crippen molar-refractivity contribution in [3.8, 4) is 0 Å². The van der Waals surface area contributed by atoms with Gasteiger partial charge < -0.3 is 10.8 Å². The van der Waals surface area contributed by atoms with Crippen molar-refractivity contribution in [3.63, 3.8) is 0 Å². The van der Waals surface area contributed by atoms with Crippen LogP contribution in [0.3, 0.4) is 0 Å². The minimum absolute atomic E-state index is 0.0743. The van der Waals surface area contributed by atoms with Crippen LogP contribution in [0.15, 0.2) is 46.3 Å². The van der Waals surface area contributed by atoms with Crippen molar-refractivity contribution in [1.29, 1.82) is 0 Å². The van der Waals surface area contributed by atoms with Gasteiger partial charge >= 0.3 is 0 Å². The topological polar surface area (TPSA) is 71.2 Å². The summed E-state index contributed by atoms with van der Waals surface area (Å²) in [5, 5.41) is 9.23. The van der Waals surface area contributed by atoms with E-state index in [9.17, 15) is 4.79 Å². The van der Waals surface area contributed by atoms with E-state index in [1.807, 2.05) is 36.4 Å². The van der Waals surface area contributed by atoms with E-state index in [0.717, 1.165) is 32.4 Å². The van der Waals surface area contributed by atoms with Crippen molar-refractivity contribution in [1.82, 2.24) is 4.98 Å². The molecule has 0 aliphatic heterocycles. The molecule has 0 spiro atoms. The summed E-state index contributed by atoms with van der Waals surface area (Å²) < 4.78 is 0. The highest BCUT2D eigenvalue weighted by Gasteiger charge is 2.15. The lowest BCUT2D eigenvalue weighted by Crippen LogP contribution is -2.05. The Morgan fingerprint density at radius 1 is 0.944 bits per heavy atom. The summed E-state index contributed by atoms with van der Waals surface area (Å²) in [5.74, 6) is 5.50. The molecule has 0 saturated carbocycles. The van der Waals surface area contributed by atoms with Crippen molar-refractivity contribution in [2.24, 2.45) is 10.9 Å². The fraction of sp³-hybridized carbons (Fsp3) is 0. The van der Waals surface area contributed by atoms with Crippen LogP contribution in [0.1, 0.15) is 0 Å². The van der Waals surface area contributed by atoms with Crippen LogP contribution in [-0.4, -0.2) is 4.98 Å². The van der Waals surface area contributed by atoms with Gasteiger partial charge in [-0.2, -0.15) is 5.10 Å². The van der Waals surface area contributed by atoms with Gasteiger partial charge in [0.1, 0.15) is 0 Å². The molecule has 4 nitrogen and oxygen atoms in total. The first-order chi connectivity index (χ1) is 8.81. The zero-order valence-electron chi connectivity index (χ0n) is 9.40.